The number of carbonyl (C=O) groups is 2. The second-order valence-corrected chi connectivity index (χ2v) is 5.93. The van der Waals surface area contributed by atoms with Gasteiger partial charge in [0.05, 0.1) is 18.7 Å². The van der Waals surface area contributed by atoms with E-state index in [2.05, 4.69) is 5.32 Å². The van der Waals surface area contributed by atoms with E-state index < -0.39 is 5.97 Å². The van der Waals surface area contributed by atoms with Crippen LogP contribution in [-0.2, 0) is 11.3 Å². The topological polar surface area (TPSA) is 84.9 Å². The minimum atomic E-state index is -0.835. The second kappa shape index (κ2) is 9.68. The van der Waals surface area contributed by atoms with Gasteiger partial charge in [0, 0.05) is 18.5 Å². The molecule has 138 valence electrons. The lowest BCUT2D eigenvalue weighted by Gasteiger charge is -2.09. The maximum atomic E-state index is 12.2. The standard InChI is InChI=1S/C19H20ClNO5/c1-25-17-11-14(6-9-16(17)20)19(24)21-12-13-4-7-15(8-5-13)26-10-2-3-18(22)23/h4-9,11H,2-3,10,12H2,1H3,(H,21,24)(H,22,23). The number of aliphatic carboxylic acids is 1. The molecule has 0 atom stereocenters. The fraction of sp³-hybridized carbons (Fsp3) is 0.263. The van der Waals surface area contributed by atoms with Gasteiger partial charge in [-0.3, -0.25) is 9.59 Å². The summed E-state index contributed by atoms with van der Waals surface area (Å²) in [5.41, 5.74) is 1.38. The number of amides is 1. The highest BCUT2D eigenvalue weighted by Gasteiger charge is 2.09. The number of ether oxygens (including phenoxy) is 2. The van der Waals surface area contributed by atoms with E-state index in [0.29, 0.717) is 41.7 Å². The van der Waals surface area contributed by atoms with Gasteiger partial charge in [-0.2, -0.15) is 0 Å². The van der Waals surface area contributed by atoms with Gasteiger partial charge in [0.1, 0.15) is 11.5 Å². The van der Waals surface area contributed by atoms with E-state index in [1.54, 1.807) is 30.3 Å². The molecule has 0 spiro atoms. The Morgan fingerprint density at radius 1 is 1.15 bits per heavy atom. The molecular formula is C19H20ClNO5. The highest BCUT2D eigenvalue weighted by molar-refractivity contribution is 6.32. The van der Waals surface area contributed by atoms with Crippen molar-refractivity contribution in [2.24, 2.45) is 0 Å². The van der Waals surface area contributed by atoms with Gasteiger partial charge >= 0.3 is 5.97 Å². The van der Waals surface area contributed by atoms with Crippen molar-refractivity contribution in [3.8, 4) is 11.5 Å². The van der Waals surface area contributed by atoms with Gasteiger partial charge in [-0.25, -0.2) is 0 Å². The van der Waals surface area contributed by atoms with Crippen LogP contribution in [-0.4, -0.2) is 30.7 Å². The number of benzene rings is 2. The van der Waals surface area contributed by atoms with Gasteiger partial charge in [-0.15, -0.1) is 0 Å². The molecule has 0 heterocycles. The van der Waals surface area contributed by atoms with Crippen LogP contribution in [0.5, 0.6) is 11.5 Å². The predicted molar refractivity (Wildman–Crippen MR) is 98.0 cm³/mol. The van der Waals surface area contributed by atoms with Crippen LogP contribution in [0.3, 0.4) is 0 Å². The zero-order valence-electron chi connectivity index (χ0n) is 14.3. The third-order valence-corrected chi connectivity index (χ3v) is 3.91. The van der Waals surface area contributed by atoms with E-state index in [9.17, 15) is 9.59 Å². The molecule has 0 fully saturated rings. The number of methoxy groups -OCH3 is 1. The summed E-state index contributed by atoms with van der Waals surface area (Å²) in [5.74, 6) is 0.0450. The Labute approximate surface area is 156 Å². The lowest BCUT2D eigenvalue weighted by Crippen LogP contribution is -2.22. The lowest BCUT2D eigenvalue weighted by atomic mass is 10.1. The minimum absolute atomic E-state index is 0.0829. The molecule has 7 heteroatoms. The molecule has 0 bridgehead atoms. The van der Waals surface area contributed by atoms with Gasteiger partial charge < -0.3 is 19.9 Å². The van der Waals surface area contributed by atoms with Crippen molar-refractivity contribution < 1.29 is 24.2 Å². The van der Waals surface area contributed by atoms with E-state index in [4.69, 9.17) is 26.2 Å². The van der Waals surface area contributed by atoms with Crippen molar-refractivity contribution >= 4 is 23.5 Å². The molecule has 0 unspecified atom stereocenters. The number of carbonyl (C=O) groups excluding carboxylic acids is 1. The molecule has 1 amide bonds. The molecule has 0 aliphatic heterocycles. The molecule has 0 aliphatic carbocycles. The van der Waals surface area contributed by atoms with Crippen LogP contribution in [0.15, 0.2) is 42.5 Å². The van der Waals surface area contributed by atoms with Crippen LogP contribution in [0.1, 0.15) is 28.8 Å². The van der Waals surface area contributed by atoms with E-state index >= 15 is 0 Å². The molecule has 2 aromatic rings. The Morgan fingerprint density at radius 2 is 1.88 bits per heavy atom. The maximum Gasteiger partial charge on any atom is 0.303 e. The summed E-state index contributed by atoms with van der Waals surface area (Å²) in [6.07, 6.45) is 0.539. The van der Waals surface area contributed by atoms with Gasteiger partial charge in [-0.05, 0) is 42.3 Å². The Balaban J connectivity index is 1.83. The summed E-state index contributed by atoms with van der Waals surface area (Å²) in [7, 11) is 1.49. The normalized spacial score (nSPS) is 10.2. The van der Waals surface area contributed by atoms with Gasteiger partial charge in [-0.1, -0.05) is 23.7 Å². The number of carboxylic acids is 1. The Kier molecular flexibility index (Phi) is 7.29. The predicted octanol–water partition coefficient (Wildman–Crippen LogP) is 3.52. The Morgan fingerprint density at radius 3 is 2.54 bits per heavy atom. The molecule has 2 N–H and O–H groups in total. The fourth-order valence-corrected chi connectivity index (χ4v) is 2.40. The van der Waals surface area contributed by atoms with Crippen molar-refractivity contribution in [1.82, 2.24) is 5.32 Å². The molecular weight excluding hydrogens is 358 g/mol. The molecule has 26 heavy (non-hydrogen) atoms. The first kappa shape index (κ1) is 19.6. The molecule has 6 nitrogen and oxygen atoms in total. The SMILES string of the molecule is COc1cc(C(=O)NCc2ccc(OCCCC(=O)O)cc2)ccc1Cl. The number of carboxylic acid groups (broad SMARTS) is 1. The number of rotatable bonds is 9. The molecule has 2 rings (SSSR count). The third-order valence-electron chi connectivity index (χ3n) is 3.59. The molecule has 0 aromatic heterocycles. The maximum absolute atomic E-state index is 12.2. The number of hydrogen-bond donors (Lipinski definition) is 2. The Bertz CT molecular complexity index is 761. The van der Waals surface area contributed by atoms with Crippen LogP contribution in [0.2, 0.25) is 5.02 Å². The highest BCUT2D eigenvalue weighted by atomic mass is 35.5. The zero-order chi connectivity index (χ0) is 18.9. The summed E-state index contributed by atoms with van der Waals surface area (Å²) >= 11 is 5.95. The summed E-state index contributed by atoms with van der Waals surface area (Å²) in [6.45, 7) is 0.712. The van der Waals surface area contributed by atoms with Crippen molar-refractivity contribution in [3.05, 3.63) is 58.6 Å². The molecule has 0 saturated carbocycles. The quantitative estimate of drug-likeness (QED) is 0.653. The van der Waals surface area contributed by atoms with Crippen molar-refractivity contribution in [3.63, 3.8) is 0 Å². The van der Waals surface area contributed by atoms with Gasteiger partial charge in [0.15, 0.2) is 0 Å². The van der Waals surface area contributed by atoms with E-state index in [1.807, 2.05) is 12.1 Å². The number of hydrogen-bond acceptors (Lipinski definition) is 4. The number of halogens is 1. The third kappa shape index (κ3) is 5.97. The first-order chi connectivity index (χ1) is 12.5. The smallest absolute Gasteiger partial charge is 0.303 e. The second-order valence-electron chi connectivity index (χ2n) is 5.52. The first-order valence-corrected chi connectivity index (χ1v) is 8.42. The minimum Gasteiger partial charge on any atom is -0.495 e. The van der Waals surface area contributed by atoms with E-state index in [0.717, 1.165) is 5.56 Å². The van der Waals surface area contributed by atoms with Crippen molar-refractivity contribution in [2.75, 3.05) is 13.7 Å². The van der Waals surface area contributed by atoms with Gasteiger partial charge in [0.2, 0.25) is 0 Å². The van der Waals surface area contributed by atoms with Gasteiger partial charge in [0.25, 0.3) is 5.91 Å². The molecule has 0 aliphatic rings. The van der Waals surface area contributed by atoms with Crippen molar-refractivity contribution in [1.29, 1.82) is 0 Å². The largest absolute Gasteiger partial charge is 0.495 e. The van der Waals surface area contributed by atoms with E-state index in [1.165, 1.54) is 7.11 Å². The first-order valence-electron chi connectivity index (χ1n) is 8.05. The molecule has 0 saturated heterocycles. The summed E-state index contributed by atoms with van der Waals surface area (Å²) in [5, 5.41) is 11.8. The molecule has 0 radical (unpaired) electrons. The highest BCUT2D eigenvalue weighted by Crippen LogP contribution is 2.25. The van der Waals surface area contributed by atoms with Crippen molar-refractivity contribution in [2.45, 2.75) is 19.4 Å². The average Bonchev–Trinajstić information content (AvgIpc) is 2.64. The zero-order valence-corrected chi connectivity index (χ0v) is 15.1. The van der Waals surface area contributed by atoms with Crippen LogP contribution < -0.4 is 14.8 Å². The van der Waals surface area contributed by atoms with Crippen LogP contribution >= 0.6 is 11.6 Å². The number of nitrogens with one attached hydrogen (secondary N) is 1. The summed E-state index contributed by atoms with van der Waals surface area (Å²) in [6, 6.07) is 12.1. The van der Waals surface area contributed by atoms with Crippen LogP contribution in [0, 0.1) is 0 Å². The molecule has 2 aromatic carbocycles. The average molecular weight is 378 g/mol. The monoisotopic (exact) mass is 377 g/mol. The van der Waals surface area contributed by atoms with Crippen LogP contribution in [0.25, 0.3) is 0 Å². The lowest BCUT2D eigenvalue weighted by molar-refractivity contribution is -0.137. The van der Waals surface area contributed by atoms with Crippen LogP contribution in [0.4, 0.5) is 0 Å². The van der Waals surface area contributed by atoms with E-state index in [-0.39, 0.29) is 12.3 Å². The Hall–Kier alpha value is -2.73. The summed E-state index contributed by atoms with van der Waals surface area (Å²) < 4.78 is 10.6. The fourth-order valence-electron chi connectivity index (χ4n) is 2.20. The summed E-state index contributed by atoms with van der Waals surface area (Å²) in [4.78, 5) is 22.6.